The summed E-state index contributed by atoms with van der Waals surface area (Å²) in [4.78, 5) is 24.1. The molecular weight excluding hydrogens is 448 g/mol. The highest BCUT2D eigenvalue weighted by atomic mass is 32.1. The van der Waals surface area contributed by atoms with E-state index in [9.17, 15) is 4.79 Å². The normalized spacial score (nSPS) is 11.3. The molecule has 0 fully saturated rings. The molecule has 0 radical (unpaired) electrons. The van der Waals surface area contributed by atoms with Crippen molar-refractivity contribution in [3.8, 4) is 10.6 Å². The summed E-state index contributed by atoms with van der Waals surface area (Å²) >= 11 is 3.31. The summed E-state index contributed by atoms with van der Waals surface area (Å²) in [5.41, 5.74) is 7.44. The van der Waals surface area contributed by atoms with E-state index in [0.717, 1.165) is 38.0 Å². The number of carbonyl (C=O) groups excluding carboxylic acids is 1. The number of benzene rings is 3. The molecule has 0 aliphatic rings. The number of carbonyl (C=O) groups is 1. The number of thiazole rings is 2. The maximum Gasteiger partial charge on any atom is 0.243 e. The molecule has 33 heavy (non-hydrogen) atoms. The van der Waals surface area contributed by atoms with Crippen LogP contribution in [0.25, 0.3) is 31.0 Å². The first-order chi connectivity index (χ1) is 15.9. The molecule has 2 aromatic heterocycles. The summed E-state index contributed by atoms with van der Waals surface area (Å²) in [5, 5.41) is 4.82. The lowest BCUT2D eigenvalue weighted by Crippen LogP contribution is -2.29. The van der Waals surface area contributed by atoms with Gasteiger partial charge in [-0.15, -0.1) is 11.3 Å². The van der Waals surface area contributed by atoms with Crippen molar-refractivity contribution in [3.05, 3.63) is 71.3 Å². The number of aryl methyl sites for hydroxylation is 3. The second-order valence-corrected chi connectivity index (χ2v) is 10.4. The minimum absolute atomic E-state index is 0.0755. The topological polar surface area (TPSA) is 58.1 Å². The quantitative estimate of drug-likeness (QED) is 0.314. The number of nitrogens with one attached hydrogen (secondary N) is 1. The smallest absolute Gasteiger partial charge is 0.243 e. The van der Waals surface area contributed by atoms with Gasteiger partial charge in [-0.1, -0.05) is 29.5 Å². The van der Waals surface area contributed by atoms with E-state index < -0.39 is 0 Å². The highest BCUT2D eigenvalue weighted by Gasteiger charge is 2.15. The molecule has 0 unspecified atom stereocenters. The summed E-state index contributed by atoms with van der Waals surface area (Å²) in [7, 11) is 1.90. The lowest BCUT2D eigenvalue weighted by atomic mass is 10.1. The first-order valence-corrected chi connectivity index (χ1v) is 12.4. The summed E-state index contributed by atoms with van der Waals surface area (Å²) in [6.07, 6.45) is 0. The number of hydrogen-bond donors (Lipinski definition) is 1. The minimum Gasteiger partial charge on any atom is -0.342 e. The van der Waals surface area contributed by atoms with Crippen LogP contribution in [0.2, 0.25) is 0 Å². The number of fused-ring (bicyclic) bond motifs is 2. The first-order valence-electron chi connectivity index (χ1n) is 10.7. The molecule has 0 saturated carbocycles. The van der Waals surface area contributed by atoms with Crippen molar-refractivity contribution in [1.82, 2.24) is 9.97 Å². The summed E-state index contributed by atoms with van der Waals surface area (Å²) in [6, 6.07) is 18.4. The van der Waals surface area contributed by atoms with Crippen LogP contribution in [-0.4, -0.2) is 29.5 Å². The number of rotatable bonds is 5. The van der Waals surface area contributed by atoms with Crippen molar-refractivity contribution in [2.45, 2.75) is 20.8 Å². The van der Waals surface area contributed by atoms with Gasteiger partial charge in [0.25, 0.3) is 0 Å². The summed E-state index contributed by atoms with van der Waals surface area (Å²) < 4.78 is 2.36. The molecule has 7 heteroatoms. The molecule has 1 N–H and O–H groups in total. The Kier molecular flexibility index (Phi) is 5.60. The molecule has 0 bridgehead atoms. The van der Waals surface area contributed by atoms with Gasteiger partial charge in [0.1, 0.15) is 5.01 Å². The van der Waals surface area contributed by atoms with E-state index in [1.807, 2.05) is 36.2 Å². The van der Waals surface area contributed by atoms with Crippen LogP contribution in [0.3, 0.4) is 0 Å². The van der Waals surface area contributed by atoms with Crippen LogP contribution in [0.4, 0.5) is 10.8 Å². The Morgan fingerprint density at radius 2 is 1.70 bits per heavy atom. The molecular formula is C26H24N4OS2. The second kappa shape index (κ2) is 8.57. The molecule has 3 aromatic carbocycles. The SMILES string of the molecule is Cc1ccc2nc(-c3ccc(NC(=O)CN(C)c4nc5c(C)ccc(C)c5s4)cc3)sc2c1. The Bertz CT molecular complexity index is 1450. The van der Waals surface area contributed by atoms with Crippen LogP contribution in [0.5, 0.6) is 0 Å². The van der Waals surface area contributed by atoms with Gasteiger partial charge in [-0.25, -0.2) is 9.97 Å². The van der Waals surface area contributed by atoms with Crippen molar-refractivity contribution in [3.63, 3.8) is 0 Å². The average Bonchev–Trinajstić information content (AvgIpc) is 3.42. The molecule has 5 nitrogen and oxygen atoms in total. The third kappa shape index (κ3) is 4.34. The van der Waals surface area contributed by atoms with Gasteiger partial charge >= 0.3 is 0 Å². The van der Waals surface area contributed by atoms with Gasteiger partial charge in [-0.3, -0.25) is 4.79 Å². The number of hydrogen-bond acceptors (Lipinski definition) is 6. The molecule has 2 heterocycles. The first kappa shape index (κ1) is 21.6. The van der Waals surface area contributed by atoms with Crippen LogP contribution in [-0.2, 0) is 4.79 Å². The number of amides is 1. The average molecular weight is 473 g/mol. The Hall–Kier alpha value is -3.29. The second-order valence-electron chi connectivity index (χ2n) is 8.35. The maximum atomic E-state index is 12.7. The molecule has 5 aromatic rings. The van der Waals surface area contributed by atoms with Crippen LogP contribution >= 0.6 is 22.7 Å². The van der Waals surface area contributed by atoms with Crippen molar-refractivity contribution in [2.75, 3.05) is 23.8 Å². The van der Waals surface area contributed by atoms with Crippen molar-refractivity contribution >= 4 is 59.8 Å². The highest BCUT2D eigenvalue weighted by molar-refractivity contribution is 7.22. The van der Waals surface area contributed by atoms with E-state index in [1.165, 1.54) is 20.5 Å². The summed E-state index contributed by atoms with van der Waals surface area (Å²) in [6.45, 7) is 6.48. The monoisotopic (exact) mass is 472 g/mol. The van der Waals surface area contributed by atoms with Gasteiger partial charge in [-0.2, -0.15) is 0 Å². The highest BCUT2D eigenvalue weighted by Crippen LogP contribution is 2.33. The summed E-state index contributed by atoms with van der Waals surface area (Å²) in [5.74, 6) is -0.0755. The predicted molar refractivity (Wildman–Crippen MR) is 141 cm³/mol. The van der Waals surface area contributed by atoms with Crippen LogP contribution in [0.1, 0.15) is 16.7 Å². The third-order valence-corrected chi connectivity index (χ3v) is 7.97. The fourth-order valence-corrected chi connectivity index (χ4v) is 5.89. The number of anilines is 2. The fourth-order valence-electron chi connectivity index (χ4n) is 3.75. The number of likely N-dealkylation sites (N-methyl/N-ethyl adjacent to an activating group) is 1. The zero-order chi connectivity index (χ0) is 23.1. The molecule has 0 atom stereocenters. The lowest BCUT2D eigenvalue weighted by molar-refractivity contribution is -0.114. The maximum absolute atomic E-state index is 12.7. The molecule has 0 aliphatic heterocycles. The van der Waals surface area contributed by atoms with Gasteiger partial charge in [0.15, 0.2) is 5.13 Å². The molecule has 1 amide bonds. The van der Waals surface area contributed by atoms with Gasteiger partial charge in [0.2, 0.25) is 5.91 Å². The van der Waals surface area contributed by atoms with E-state index >= 15 is 0 Å². The van der Waals surface area contributed by atoms with Gasteiger partial charge in [0, 0.05) is 18.3 Å². The van der Waals surface area contributed by atoms with Crippen molar-refractivity contribution < 1.29 is 4.79 Å². The fraction of sp³-hybridized carbons (Fsp3) is 0.192. The Balaban J connectivity index is 1.27. The van der Waals surface area contributed by atoms with E-state index in [4.69, 9.17) is 9.97 Å². The van der Waals surface area contributed by atoms with Crippen molar-refractivity contribution in [2.24, 2.45) is 0 Å². The van der Waals surface area contributed by atoms with Gasteiger partial charge in [0.05, 0.1) is 27.0 Å². The number of nitrogens with zero attached hydrogens (tertiary/aromatic N) is 3. The van der Waals surface area contributed by atoms with Crippen LogP contribution < -0.4 is 10.2 Å². The third-order valence-electron chi connectivity index (χ3n) is 5.60. The van der Waals surface area contributed by atoms with Gasteiger partial charge < -0.3 is 10.2 Å². The van der Waals surface area contributed by atoms with Gasteiger partial charge in [-0.05, 0) is 73.9 Å². The Morgan fingerprint density at radius 3 is 2.45 bits per heavy atom. The van der Waals surface area contributed by atoms with Crippen LogP contribution in [0.15, 0.2) is 54.6 Å². The molecule has 166 valence electrons. The zero-order valence-corrected chi connectivity index (χ0v) is 20.6. The molecule has 5 rings (SSSR count). The zero-order valence-electron chi connectivity index (χ0n) is 19.0. The number of aromatic nitrogens is 2. The lowest BCUT2D eigenvalue weighted by Gasteiger charge is -2.15. The Morgan fingerprint density at radius 1 is 0.939 bits per heavy atom. The van der Waals surface area contributed by atoms with E-state index in [-0.39, 0.29) is 12.5 Å². The molecule has 0 spiro atoms. The standard InChI is InChI=1S/C26H24N4OS2/c1-15-5-12-20-21(13-15)32-25(28-20)18-8-10-19(11-9-18)27-22(31)14-30(4)26-29-23-16(2)6-7-17(3)24(23)33-26/h5-13H,14H2,1-4H3,(H,27,31). The van der Waals surface area contributed by atoms with E-state index in [2.05, 4.69) is 56.4 Å². The minimum atomic E-state index is -0.0755. The van der Waals surface area contributed by atoms with E-state index in [1.54, 1.807) is 22.7 Å². The van der Waals surface area contributed by atoms with E-state index in [0.29, 0.717) is 0 Å². The predicted octanol–water partition coefficient (Wildman–Crippen LogP) is 6.57. The van der Waals surface area contributed by atoms with Crippen LogP contribution in [0, 0.1) is 20.8 Å². The Labute approximate surface area is 200 Å². The molecule has 0 aliphatic carbocycles. The molecule has 0 saturated heterocycles. The largest absolute Gasteiger partial charge is 0.342 e. The van der Waals surface area contributed by atoms with Crippen molar-refractivity contribution in [1.29, 1.82) is 0 Å².